The van der Waals surface area contributed by atoms with Gasteiger partial charge in [-0.05, 0) is 56.1 Å². The van der Waals surface area contributed by atoms with E-state index in [2.05, 4.69) is 9.89 Å². The molecule has 192 valence electrons. The second kappa shape index (κ2) is 13.7. The third-order valence-corrected chi connectivity index (χ3v) is 6.71. The first-order chi connectivity index (χ1) is 16.2. The molecule has 0 aliphatic heterocycles. The summed E-state index contributed by atoms with van der Waals surface area (Å²) in [6.45, 7) is 0. The third kappa shape index (κ3) is 8.91. The number of carbonyl (C=O) groups is 1. The summed E-state index contributed by atoms with van der Waals surface area (Å²) in [5.41, 5.74) is 0.359. The van der Waals surface area contributed by atoms with Crippen LogP contribution in [0.3, 0.4) is 0 Å². The van der Waals surface area contributed by atoms with Crippen molar-refractivity contribution >= 4 is 11.7 Å². The summed E-state index contributed by atoms with van der Waals surface area (Å²) in [4.78, 5) is 11.2. The van der Waals surface area contributed by atoms with Gasteiger partial charge in [0, 0.05) is 18.8 Å². The SMILES string of the molecule is COC(=O)CCCCCCC1C(CC[C@@H](O)CCc2cccc(C(F)(F)F)c2)/C(=N\O)C[C@@H]1O. The van der Waals surface area contributed by atoms with Gasteiger partial charge in [0.25, 0.3) is 0 Å². The lowest BCUT2D eigenvalue weighted by atomic mass is 9.84. The monoisotopic (exact) mass is 487 g/mol. The Morgan fingerprint density at radius 3 is 2.59 bits per heavy atom. The minimum atomic E-state index is -4.39. The van der Waals surface area contributed by atoms with E-state index in [9.17, 15) is 33.4 Å². The number of oxime groups is 1. The Hall–Kier alpha value is -2.13. The second-order valence-electron chi connectivity index (χ2n) is 9.13. The molecule has 1 fully saturated rings. The van der Waals surface area contributed by atoms with E-state index in [0.717, 1.165) is 44.2 Å². The number of ether oxygens (including phenoxy) is 1. The molecule has 2 rings (SSSR count). The highest BCUT2D eigenvalue weighted by atomic mass is 19.4. The van der Waals surface area contributed by atoms with E-state index >= 15 is 0 Å². The molecule has 1 saturated carbocycles. The zero-order chi connectivity index (χ0) is 25.1. The number of rotatable bonds is 13. The normalized spacial score (nSPS) is 22.8. The van der Waals surface area contributed by atoms with Gasteiger partial charge in [0.05, 0.1) is 30.6 Å². The molecule has 4 atom stereocenters. The largest absolute Gasteiger partial charge is 0.469 e. The van der Waals surface area contributed by atoms with Gasteiger partial charge < -0.3 is 20.2 Å². The van der Waals surface area contributed by atoms with Crippen LogP contribution < -0.4 is 0 Å². The van der Waals surface area contributed by atoms with Crippen molar-refractivity contribution in [2.24, 2.45) is 17.0 Å². The highest BCUT2D eigenvalue weighted by Gasteiger charge is 2.39. The van der Waals surface area contributed by atoms with Gasteiger partial charge in [0.2, 0.25) is 0 Å². The Labute approximate surface area is 198 Å². The third-order valence-electron chi connectivity index (χ3n) is 6.71. The van der Waals surface area contributed by atoms with Gasteiger partial charge in [-0.3, -0.25) is 4.79 Å². The number of alkyl halides is 3. The van der Waals surface area contributed by atoms with Crippen LogP contribution >= 0.6 is 0 Å². The molecule has 0 radical (unpaired) electrons. The Balaban J connectivity index is 1.80. The minimum absolute atomic E-state index is 0.0674. The van der Waals surface area contributed by atoms with Crippen molar-refractivity contribution in [3.63, 3.8) is 0 Å². The fraction of sp³-hybridized carbons (Fsp3) is 0.680. The quantitative estimate of drug-likeness (QED) is 0.155. The van der Waals surface area contributed by atoms with Gasteiger partial charge in [0.15, 0.2) is 0 Å². The van der Waals surface area contributed by atoms with Crippen molar-refractivity contribution in [2.75, 3.05) is 7.11 Å². The predicted molar refractivity (Wildman–Crippen MR) is 122 cm³/mol. The van der Waals surface area contributed by atoms with Gasteiger partial charge in [-0.2, -0.15) is 13.2 Å². The molecule has 0 amide bonds. The van der Waals surface area contributed by atoms with Crippen LogP contribution in [0.15, 0.2) is 29.4 Å². The molecule has 0 aromatic heterocycles. The first kappa shape index (κ1) is 28.1. The van der Waals surface area contributed by atoms with Crippen molar-refractivity contribution < 1.29 is 38.1 Å². The fourth-order valence-electron chi connectivity index (χ4n) is 4.78. The number of esters is 1. The number of unbranched alkanes of at least 4 members (excludes halogenated alkanes) is 3. The standard InChI is InChI=1S/C25H36F3NO5/c1-34-24(32)10-5-3-2-4-9-21-20(22(29-33)16-23(21)31)14-13-19(30)12-11-17-7-6-8-18(15-17)25(26,27)28/h6-8,15,19-21,23,30-31,33H,2-5,9-14,16H2,1H3/b29-22-/t19-,20?,21?,23-/m0/s1. The first-order valence-corrected chi connectivity index (χ1v) is 12.0. The molecule has 1 aliphatic rings. The van der Waals surface area contributed by atoms with Crippen LogP contribution in [0.25, 0.3) is 0 Å². The summed E-state index contributed by atoms with van der Waals surface area (Å²) < 4.78 is 43.2. The Bertz CT molecular complexity index is 799. The number of hydrogen-bond donors (Lipinski definition) is 3. The van der Waals surface area contributed by atoms with E-state index in [1.165, 1.54) is 13.2 Å². The molecule has 0 heterocycles. The lowest BCUT2D eigenvalue weighted by molar-refractivity contribution is -0.140. The van der Waals surface area contributed by atoms with Gasteiger partial charge in [0.1, 0.15) is 0 Å². The molecule has 2 unspecified atom stereocenters. The van der Waals surface area contributed by atoms with Crippen LogP contribution in [0.2, 0.25) is 0 Å². The van der Waals surface area contributed by atoms with E-state index in [1.807, 2.05) is 0 Å². The minimum Gasteiger partial charge on any atom is -0.469 e. The molecule has 0 saturated heterocycles. The first-order valence-electron chi connectivity index (χ1n) is 12.0. The smallest absolute Gasteiger partial charge is 0.416 e. The number of methoxy groups -OCH3 is 1. The Morgan fingerprint density at radius 2 is 1.91 bits per heavy atom. The zero-order valence-electron chi connectivity index (χ0n) is 19.6. The molecule has 1 aliphatic carbocycles. The van der Waals surface area contributed by atoms with E-state index in [-0.39, 0.29) is 17.8 Å². The number of halogens is 3. The Morgan fingerprint density at radius 1 is 1.18 bits per heavy atom. The number of benzene rings is 1. The molecule has 1 aromatic rings. The average Bonchev–Trinajstić information content (AvgIpc) is 3.12. The van der Waals surface area contributed by atoms with Crippen LogP contribution in [0.1, 0.15) is 75.3 Å². The molecule has 6 nitrogen and oxygen atoms in total. The number of carbonyl (C=O) groups excluding carboxylic acids is 1. The van der Waals surface area contributed by atoms with Crippen LogP contribution in [-0.4, -0.2) is 46.4 Å². The molecular formula is C25H36F3NO5. The maximum atomic E-state index is 12.9. The van der Waals surface area contributed by atoms with Crippen LogP contribution in [0.4, 0.5) is 13.2 Å². The summed E-state index contributed by atoms with van der Waals surface area (Å²) in [7, 11) is 1.37. The molecule has 0 spiro atoms. The summed E-state index contributed by atoms with van der Waals surface area (Å²) in [6.07, 6.45) is 0.771. The van der Waals surface area contributed by atoms with Crippen molar-refractivity contribution in [1.82, 2.24) is 0 Å². The summed E-state index contributed by atoms with van der Waals surface area (Å²) >= 11 is 0. The van der Waals surface area contributed by atoms with Crippen molar-refractivity contribution in [1.29, 1.82) is 0 Å². The number of aliphatic hydroxyl groups is 2. The fourth-order valence-corrected chi connectivity index (χ4v) is 4.78. The average molecular weight is 488 g/mol. The van der Waals surface area contributed by atoms with Crippen molar-refractivity contribution in [2.45, 2.75) is 89.0 Å². The summed E-state index contributed by atoms with van der Waals surface area (Å²) in [5.74, 6) is -0.429. The van der Waals surface area contributed by atoms with Crippen molar-refractivity contribution in [3.05, 3.63) is 35.4 Å². The molecule has 0 bridgehead atoms. The highest BCUT2D eigenvalue weighted by Crippen LogP contribution is 2.37. The predicted octanol–water partition coefficient (Wildman–Crippen LogP) is 5.12. The van der Waals surface area contributed by atoms with Gasteiger partial charge in [-0.1, -0.05) is 42.6 Å². The van der Waals surface area contributed by atoms with Crippen LogP contribution in [-0.2, 0) is 22.1 Å². The number of nitrogens with zero attached hydrogens (tertiary/aromatic N) is 1. The Kier molecular flexibility index (Phi) is 11.3. The second-order valence-corrected chi connectivity index (χ2v) is 9.13. The maximum absolute atomic E-state index is 12.9. The van der Waals surface area contributed by atoms with E-state index in [4.69, 9.17) is 0 Å². The molecular weight excluding hydrogens is 451 g/mol. The van der Waals surface area contributed by atoms with Gasteiger partial charge in [-0.25, -0.2) is 0 Å². The topological polar surface area (TPSA) is 99.4 Å². The van der Waals surface area contributed by atoms with E-state index in [0.29, 0.717) is 49.8 Å². The van der Waals surface area contributed by atoms with Gasteiger partial charge in [-0.15, -0.1) is 0 Å². The lowest BCUT2D eigenvalue weighted by Crippen LogP contribution is -2.22. The van der Waals surface area contributed by atoms with Gasteiger partial charge >= 0.3 is 12.1 Å². The molecule has 1 aromatic carbocycles. The number of aryl methyl sites for hydroxylation is 1. The van der Waals surface area contributed by atoms with Crippen LogP contribution in [0.5, 0.6) is 0 Å². The molecule has 3 N–H and O–H groups in total. The molecule has 9 heteroatoms. The van der Waals surface area contributed by atoms with E-state index in [1.54, 1.807) is 6.07 Å². The highest BCUT2D eigenvalue weighted by molar-refractivity contribution is 5.89. The number of aliphatic hydroxyl groups excluding tert-OH is 2. The molecule has 34 heavy (non-hydrogen) atoms. The maximum Gasteiger partial charge on any atom is 0.416 e. The summed E-state index contributed by atoms with van der Waals surface area (Å²) in [6, 6.07) is 5.12. The van der Waals surface area contributed by atoms with Crippen molar-refractivity contribution in [3.8, 4) is 0 Å². The lowest BCUT2D eigenvalue weighted by Gasteiger charge is -2.23. The number of hydrogen-bond acceptors (Lipinski definition) is 6. The summed E-state index contributed by atoms with van der Waals surface area (Å²) in [5, 5.41) is 33.6. The van der Waals surface area contributed by atoms with Crippen LogP contribution in [0, 0.1) is 11.8 Å². The van der Waals surface area contributed by atoms with E-state index < -0.39 is 23.9 Å². The zero-order valence-corrected chi connectivity index (χ0v) is 19.6.